The molecular weight excluding hydrogens is 254 g/mol. The zero-order valence-electron chi connectivity index (χ0n) is 12.5. The molecule has 0 bridgehead atoms. The molecule has 1 saturated carbocycles. The van der Waals surface area contributed by atoms with Crippen LogP contribution in [0.1, 0.15) is 69.3 Å². The summed E-state index contributed by atoms with van der Waals surface area (Å²) in [6.45, 7) is 8.78. The van der Waals surface area contributed by atoms with Crippen molar-refractivity contribution < 1.29 is 0 Å². The molecule has 4 heteroatoms. The largest absolute Gasteiger partial charge is 0.310 e. The number of aromatic nitrogens is 2. The zero-order chi connectivity index (χ0) is 13.7. The van der Waals surface area contributed by atoms with E-state index in [9.17, 15) is 0 Å². The number of nitrogens with one attached hydrogen (secondary N) is 1. The zero-order valence-corrected chi connectivity index (χ0v) is 13.4. The third kappa shape index (κ3) is 3.76. The Morgan fingerprint density at radius 1 is 1.26 bits per heavy atom. The van der Waals surface area contributed by atoms with Crippen LogP contribution in [0.3, 0.4) is 0 Å². The number of hydrogen-bond donors (Lipinski definition) is 1. The fraction of sp³-hybridized carbons (Fsp3) is 0.867. The second-order valence-corrected chi connectivity index (χ2v) is 7.33. The Kier molecular flexibility index (Phi) is 5.34. The minimum Gasteiger partial charge on any atom is -0.310 e. The summed E-state index contributed by atoms with van der Waals surface area (Å²) in [6, 6.07) is 0. The Balaban J connectivity index is 2.05. The Labute approximate surface area is 121 Å². The van der Waals surface area contributed by atoms with E-state index in [1.807, 2.05) is 11.3 Å². The molecule has 1 aromatic heterocycles. The molecule has 0 saturated heterocycles. The van der Waals surface area contributed by atoms with E-state index in [-0.39, 0.29) is 0 Å². The molecule has 0 unspecified atom stereocenters. The highest BCUT2D eigenvalue weighted by Gasteiger charge is 2.39. The molecule has 1 heterocycles. The minimum atomic E-state index is 0.342. The van der Waals surface area contributed by atoms with Gasteiger partial charge in [-0.3, -0.25) is 0 Å². The normalized spacial score (nSPS) is 18.3. The first-order chi connectivity index (χ1) is 9.16. The highest BCUT2D eigenvalue weighted by molar-refractivity contribution is 7.11. The van der Waals surface area contributed by atoms with E-state index in [2.05, 4.69) is 36.3 Å². The number of hydrogen-bond acceptors (Lipinski definition) is 4. The Morgan fingerprint density at radius 3 is 2.63 bits per heavy atom. The van der Waals surface area contributed by atoms with Gasteiger partial charge in [0.1, 0.15) is 10.0 Å². The molecule has 0 aromatic carbocycles. The first-order valence-corrected chi connectivity index (χ1v) is 8.51. The van der Waals surface area contributed by atoms with Crippen LogP contribution >= 0.6 is 11.3 Å². The molecule has 0 amide bonds. The fourth-order valence-corrected chi connectivity index (χ4v) is 4.31. The van der Waals surface area contributed by atoms with Crippen molar-refractivity contribution >= 4 is 11.3 Å². The highest BCUT2D eigenvalue weighted by atomic mass is 32.1. The van der Waals surface area contributed by atoms with E-state index in [0.29, 0.717) is 5.41 Å². The fourth-order valence-electron chi connectivity index (χ4n) is 3.25. The van der Waals surface area contributed by atoms with Gasteiger partial charge in [0.25, 0.3) is 0 Å². The monoisotopic (exact) mass is 281 g/mol. The summed E-state index contributed by atoms with van der Waals surface area (Å²) < 4.78 is 0. The van der Waals surface area contributed by atoms with E-state index in [1.54, 1.807) is 0 Å². The van der Waals surface area contributed by atoms with Gasteiger partial charge >= 0.3 is 0 Å². The summed E-state index contributed by atoms with van der Waals surface area (Å²) >= 11 is 1.84. The lowest BCUT2D eigenvalue weighted by Gasteiger charge is -2.27. The number of rotatable bonds is 7. The summed E-state index contributed by atoms with van der Waals surface area (Å²) in [7, 11) is 0. The summed E-state index contributed by atoms with van der Waals surface area (Å²) in [4.78, 5) is 0. The second kappa shape index (κ2) is 6.80. The third-order valence-electron chi connectivity index (χ3n) is 3.98. The molecule has 1 aromatic rings. The molecule has 2 rings (SSSR count). The van der Waals surface area contributed by atoms with Gasteiger partial charge in [-0.25, -0.2) is 0 Å². The van der Waals surface area contributed by atoms with Crippen LogP contribution in [0.5, 0.6) is 0 Å². The van der Waals surface area contributed by atoms with Crippen LogP contribution in [0, 0.1) is 5.92 Å². The standard InChI is InChI=1S/C15H27N3S/c1-4-9-16-11-13-17-18-14(19-13)15(10-12(2)3)7-5-6-8-15/h12,16H,4-11H2,1-3H3. The van der Waals surface area contributed by atoms with E-state index >= 15 is 0 Å². The van der Waals surface area contributed by atoms with Crippen LogP contribution in [0.4, 0.5) is 0 Å². The predicted octanol–water partition coefficient (Wildman–Crippen LogP) is 3.90. The molecule has 19 heavy (non-hydrogen) atoms. The number of nitrogens with zero attached hydrogens (tertiary/aromatic N) is 2. The molecule has 0 radical (unpaired) electrons. The molecule has 1 aliphatic carbocycles. The Bertz CT molecular complexity index is 380. The quantitative estimate of drug-likeness (QED) is 0.770. The summed E-state index contributed by atoms with van der Waals surface area (Å²) in [5.74, 6) is 0.740. The topological polar surface area (TPSA) is 37.8 Å². The lowest BCUT2D eigenvalue weighted by Crippen LogP contribution is -2.24. The van der Waals surface area contributed by atoms with Crippen LogP contribution in [-0.4, -0.2) is 16.7 Å². The van der Waals surface area contributed by atoms with Crippen LogP contribution in [0.2, 0.25) is 0 Å². The van der Waals surface area contributed by atoms with Crippen molar-refractivity contribution in [3.05, 3.63) is 10.0 Å². The van der Waals surface area contributed by atoms with Crippen molar-refractivity contribution in [3.8, 4) is 0 Å². The van der Waals surface area contributed by atoms with Gasteiger partial charge < -0.3 is 5.32 Å². The smallest absolute Gasteiger partial charge is 0.131 e. The van der Waals surface area contributed by atoms with Gasteiger partial charge in [0.15, 0.2) is 0 Å². The van der Waals surface area contributed by atoms with Crippen molar-refractivity contribution in [3.63, 3.8) is 0 Å². The van der Waals surface area contributed by atoms with Crippen molar-refractivity contribution in [1.82, 2.24) is 15.5 Å². The van der Waals surface area contributed by atoms with Gasteiger partial charge in [-0.05, 0) is 38.1 Å². The van der Waals surface area contributed by atoms with E-state index < -0.39 is 0 Å². The maximum Gasteiger partial charge on any atom is 0.131 e. The SMILES string of the molecule is CCCNCc1nnc(C2(CC(C)C)CCCC2)s1. The van der Waals surface area contributed by atoms with Gasteiger partial charge in [0.2, 0.25) is 0 Å². The van der Waals surface area contributed by atoms with E-state index in [4.69, 9.17) is 0 Å². The average Bonchev–Trinajstić information content (AvgIpc) is 2.98. The molecule has 0 aliphatic heterocycles. The molecule has 0 atom stereocenters. The van der Waals surface area contributed by atoms with Crippen molar-refractivity contribution in [2.45, 2.75) is 71.3 Å². The lowest BCUT2D eigenvalue weighted by atomic mass is 9.79. The lowest BCUT2D eigenvalue weighted by molar-refractivity contribution is 0.343. The van der Waals surface area contributed by atoms with Gasteiger partial charge in [-0.1, -0.05) is 44.9 Å². The maximum absolute atomic E-state index is 4.53. The minimum absolute atomic E-state index is 0.342. The first kappa shape index (κ1) is 14.9. The predicted molar refractivity (Wildman–Crippen MR) is 81.5 cm³/mol. The molecule has 1 aliphatic rings. The van der Waals surface area contributed by atoms with E-state index in [1.165, 1.54) is 43.5 Å². The van der Waals surface area contributed by atoms with Gasteiger partial charge in [-0.2, -0.15) is 0 Å². The molecule has 3 nitrogen and oxygen atoms in total. The second-order valence-electron chi connectivity index (χ2n) is 6.26. The maximum atomic E-state index is 4.53. The Hall–Kier alpha value is -0.480. The Morgan fingerprint density at radius 2 is 2.00 bits per heavy atom. The summed E-state index contributed by atoms with van der Waals surface area (Å²) in [5.41, 5.74) is 0.342. The van der Waals surface area contributed by atoms with Crippen LogP contribution in [0.25, 0.3) is 0 Å². The summed E-state index contributed by atoms with van der Waals surface area (Å²) in [6.07, 6.45) is 7.77. The molecule has 1 N–H and O–H groups in total. The van der Waals surface area contributed by atoms with Gasteiger partial charge in [0.05, 0.1) is 0 Å². The van der Waals surface area contributed by atoms with Crippen LogP contribution in [-0.2, 0) is 12.0 Å². The molecule has 1 fully saturated rings. The van der Waals surface area contributed by atoms with Crippen LogP contribution < -0.4 is 5.32 Å². The molecular formula is C15H27N3S. The van der Waals surface area contributed by atoms with Gasteiger partial charge in [0, 0.05) is 12.0 Å². The third-order valence-corrected chi connectivity index (χ3v) is 5.15. The first-order valence-electron chi connectivity index (χ1n) is 7.70. The van der Waals surface area contributed by atoms with Crippen molar-refractivity contribution in [1.29, 1.82) is 0 Å². The van der Waals surface area contributed by atoms with Crippen LogP contribution in [0.15, 0.2) is 0 Å². The summed E-state index contributed by atoms with van der Waals surface area (Å²) in [5, 5.41) is 14.8. The van der Waals surface area contributed by atoms with Crippen molar-refractivity contribution in [2.24, 2.45) is 5.92 Å². The van der Waals surface area contributed by atoms with Gasteiger partial charge in [-0.15, -0.1) is 10.2 Å². The average molecular weight is 281 g/mol. The molecule has 108 valence electrons. The van der Waals surface area contributed by atoms with E-state index in [0.717, 1.165) is 24.0 Å². The van der Waals surface area contributed by atoms with Crippen molar-refractivity contribution in [2.75, 3.05) is 6.54 Å². The molecule has 0 spiro atoms. The highest BCUT2D eigenvalue weighted by Crippen LogP contribution is 2.46.